The van der Waals surface area contributed by atoms with Gasteiger partial charge in [0.25, 0.3) is 0 Å². The number of hydrogen-bond acceptors (Lipinski definition) is 6. The second kappa shape index (κ2) is 5.18. The number of aliphatic hydroxyl groups excluding tert-OH is 1. The molecule has 142 valence electrons. The summed E-state index contributed by atoms with van der Waals surface area (Å²) in [5.41, 5.74) is -0.478. The molecule has 5 rings (SSSR count). The van der Waals surface area contributed by atoms with Gasteiger partial charge in [0.2, 0.25) is 6.29 Å². The zero-order valence-electron chi connectivity index (χ0n) is 15.3. The topological polar surface area (TPSA) is 82.1 Å². The Morgan fingerprint density at radius 3 is 2.50 bits per heavy atom. The van der Waals surface area contributed by atoms with Crippen molar-refractivity contribution in [2.24, 2.45) is 28.6 Å². The van der Waals surface area contributed by atoms with Crippen LogP contribution in [0.25, 0.3) is 0 Å². The summed E-state index contributed by atoms with van der Waals surface area (Å²) in [6.45, 7) is 5.41. The van der Waals surface area contributed by atoms with Gasteiger partial charge in [-0.2, -0.15) is 0 Å². The Hall–Kier alpha value is -1.24. The maximum absolute atomic E-state index is 12.9. The highest BCUT2D eigenvalue weighted by atomic mass is 16.7. The standard InChI is InChI=1S/C20H26O6/c1-18-5-3-13-11(12(18)4-6-20(18)24-7-8-25-20)9-15(21)14-10-16(22)26-17(23)19(13,14)2/h10-13,17,23H,3-9H2,1-2H3/t11-,12-,13-,17-,18-,19+/m0/s1. The fourth-order valence-electron chi connectivity index (χ4n) is 6.96. The molecular weight excluding hydrogens is 336 g/mol. The molecule has 0 amide bonds. The highest BCUT2D eigenvalue weighted by Crippen LogP contribution is 2.68. The van der Waals surface area contributed by atoms with Crippen molar-refractivity contribution in [2.45, 2.75) is 58.0 Å². The Morgan fingerprint density at radius 2 is 1.77 bits per heavy atom. The van der Waals surface area contributed by atoms with Gasteiger partial charge < -0.3 is 19.3 Å². The number of carbonyl (C=O) groups excluding carboxylic acids is 2. The lowest BCUT2D eigenvalue weighted by Gasteiger charge is -2.58. The van der Waals surface area contributed by atoms with Crippen molar-refractivity contribution >= 4 is 11.8 Å². The number of ether oxygens (including phenoxy) is 3. The molecule has 4 fully saturated rings. The van der Waals surface area contributed by atoms with Gasteiger partial charge in [-0.3, -0.25) is 4.79 Å². The highest BCUT2D eigenvalue weighted by molar-refractivity contribution is 6.03. The van der Waals surface area contributed by atoms with E-state index >= 15 is 0 Å². The molecule has 0 radical (unpaired) electrons. The van der Waals surface area contributed by atoms with E-state index < -0.39 is 23.5 Å². The number of hydrogen-bond donors (Lipinski definition) is 1. The Labute approximate surface area is 152 Å². The zero-order chi connectivity index (χ0) is 18.3. The van der Waals surface area contributed by atoms with Gasteiger partial charge in [-0.05, 0) is 43.9 Å². The summed E-state index contributed by atoms with van der Waals surface area (Å²) in [7, 11) is 0. The first-order valence-electron chi connectivity index (χ1n) is 9.74. The molecule has 0 bridgehead atoms. The van der Waals surface area contributed by atoms with E-state index in [4.69, 9.17) is 14.2 Å². The van der Waals surface area contributed by atoms with Crippen LogP contribution >= 0.6 is 0 Å². The minimum atomic E-state index is -1.26. The predicted octanol–water partition coefficient (Wildman–Crippen LogP) is 1.95. The van der Waals surface area contributed by atoms with Crippen LogP contribution in [-0.4, -0.2) is 42.1 Å². The molecule has 0 aromatic carbocycles. The van der Waals surface area contributed by atoms with Crippen molar-refractivity contribution in [1.82, 2.24) is 0 Å². The Balaban J connectivity index is 1.56. The van der Waals surface area contributed by atoms with E-state index in [9.17, 15) is 14.7 Å². The van der Waals surface area contributed by atoms with E-state index in [0.29, 0.717) is 31.1 Å². The van der Waals surface area contributed by atoms with Crippen LogP contribution < -0.4 is 0 Å². The predicted molar refractivity (Wildman–Crippen MR) is 89.6 cm³/mol. The summed E-state index contributed by atoms with van der Waals surface area (Å²) in [6.07, 6.45) is 4.10. The molecule has 2 aliphatic heterocycles. The van der Waals surface area contributed by atoms with Gasteiger partial charge in [-0.1, -0.05) is 6.92 Å². The number of aliphatic hydroxyl groups is 1. The first kappa shape index (κ1) is 16.9. The molecule has 26 heavy (non-hydrogen) atoms. The van der Waals surface area contributed by atoms with Crippen LogP contribution in [0.1, 0.15) is 46.0 Å². The van der Waals surface area contributed by atoms with Crippen molar-refractivity contribution in [3.8, 4) is 0 Å². The fourth-order valence-corrected chi connectivity index (χ4v) is 6.96. The maximum atomic E-state index is 12.9. The molecule has 3 saturated carbocycles. The quantitative estimate of drug-likeness (QED) is 0.664. The first-order valence-corrected chi connectivity index (χ1v) is 9.74. The minimum Gasteiger partial charge on any atom is -0.432 e. The third kappa shape index (κ3) is 1.83. The molecule has 0 aromatic heterocycles. The Kier molecular flexibility index (Phi) is 3.36. The lowest BCUT2D eigenvalue weighted by atomic mass is 9.48. The number of ketones is 1. The zero-order valence-corrected chi connectivity index (χ0v) is 15.3. The molecular formula is C20H26O6. The van der Waals surface area contributed by atoms with Crippen molar-refractivity contribution in [3.05, 3.63) is 11.6 Å². The van der Waals surface area contributed by atoms with Gasteiger partial charge in [-0.25, -0.2) is 4.79 Å². The molecule has 3 aliphatic carbocycles. The number of Topliss-reactive ketones (excluding diaryl/α,β-unsaturated/α-hetero) is 1. The molecule has 0 aromatic rings. The van der Waals surface area contributed by atoms with Gasteiger partial charge in [0.05, 0.1) is 18.6 Å². The van der Waals surface area contributed by atoms with Crippen LogP contribution in [-0.2, 0) is 23.8 Å². The van der Waals surface area contributed by atoms with E-state index in [2.05, 4.69) is 6.92 Å². The van der Waals surface area contributed by atoms with Crippen molar-refractivity contribution < 1.29 is 28.9 Å². The second-order valence-electron chi connectivity index (χ2n) is 9.08. The van der Waals surface area contributed by atoms with Crippen molar-refractivity contribution in [2.75, 3.05) is 13.2 Å². The van der Waals surface area contributed by atoms with E-state index in [1.54, 1.807) is 0 Å². The van der Waals surface area contributed by atoms with Gasteiger partial charge in [0.15, 0.2) is 11.6 Å². The average molecular weight is 362 g/mol. The summed E-state index contributed by atoms with van der Waals surface area (Å²) < 4.78 is 17.3. The molecule has 6 heteroatoms. The third-order valence-electron chi connectivity index (χ3n) is 8.31. The van der Waals surface area contributed by atoms with E-state index in [1.165, 1.54) is 6.08 Å². The van der Waals surface area contributed by atoms with Crippen LogP contribution in [0.4, 0.5) is 0 Å². The Morgan fingerprint density at radius 1 is 1.08 bits per heavy atom. The Bertz CT molecular complexity index is 707. The van der Waals surface area contributed by atoms with Gasteiger partial charge >= 0.3 is 5.97 Å². The molecule has 2 heterocycles. The maximum Gasteiger partial charge on any atom is 0.333 e. The second-order valence-corrected chi connectivity index (χ2v) is 9.08. The monoisotopic (exact) mass is 362 g/mol. The number of fused-ring (bicyclic) bond motifs is 6. The normalized spacial score (nSPS) is 49.3. The van der Waals surface area contributed by atoms with Crippen LogP contribution in [0, 0.1) is 28.6 Å². The molecule has 1 N–H and O–H groups in total. The van der Waals surface area contributed by atoms with Crippen molar-refractivity contribution in [3.63, 3.8) is 0 Å². The van der Waals surface area contributed by atoms with Gasteiger partial charge in [0.1, 0.15) is 0 Å². The molecule has 6 nitrogen and oxygen atoms in total. The van der Waals surface area contributed by atoms with Crippen LogP contribution in [0.3, 0.4) is 0 Å². The van der Waals surface area contributed by atoms with Crippen LogP contribution in [0.5, 0.6) is 0 Å². The molecule has 6 atom stereocenters. The molecule has 1 saturated heterocycles. The smallest absolute Gasteiger partial charge is 0.333 e. The molecule has 1 spiro atoms. The van der Waals surface area contributed by atoms with E-state index in [-0.39, 0.29) is 23.0 Å². The third-order valence-corrected chi connectivity index (χ3v) is 8.31. The van der Waals surface area contributed by atoms with Crippen LogP contribution in [0.15, 0.2) is 11.6 Å². The minimum absolute atomic E-state index is 0.0251. The SMILES string of the molecule is C[C@@]12C(=CC(=O)O[C@@H]1O)C(=O)C[C@@H]1[C@@H]2CC[C@@]2(C)[C@H]1CCC21OCCO1. The van der Waals surface area contributed by atoms with E-state index in [0.717, 1.165) is 25.7 Å². The molecule has 5 aliphatic rings. The lowest BCUT2D eigenvalue weighted by Crippen LogP contribution is -2.60. The van der Waals surface area contributed by atoms with Gasteiger partial charge in [0, 0.05) is 29.9 Å². The fraction of sp³-hybridized carbons (Fsp3) is 0.800. The van der Waals surface area contributed by atoms with E-state index in [1.807, 2.05) is 6.92 Å². The summed E-state index contributed by atoms with van der Waals surface area (Å²) >= 11 is 0. The number of carbonyl (C=O) groups is 2. The summed E-state index contributed by atoms with van der Waals surface area (Å²) in [5.74, 6) is -0.578. The highest BCUT2D eigenvalue weighted by Gasteiger charge is 2.68. The largest absolute Gasteiger partial charge is 0.432 e. The lowest BCUT2D eigenvalue weighted by molar-refractivity contribution is -0.250. The van der Waals surface area contributed by atoms with Crippen molar-refractivity contribution in [1.29, 1.82) is 0 Å². The number of cyclic esters (lactones) is 1. The average Bonchev–Trinajstić information content (AvgIpc) is 3.17. The molecule has 0 unspecified atom stereocenters. The van der Waals surface area contributed by atoms with Gasteiger partial charge in [-0.15, -0.1) is 0 Å². The number of rotatable bonds is 0. The summed E-state index contributed by atoms with van der Waals surface area (Å²) in [6, 6.07) is 0. The summed E-state index contributed by atoms with van der Waals surface area (Å²) in [5, 5.41) is 10.6. The summed E-state index contributed by atoms with van der Waals surface area (Å²) in [4.78, 5) is 24.7. The number of esters is 1. The van der Waals surface area contributed by atoms with Crippen LogP contribution in [0.2, 0.25) is 0 Å². The first-order chi connectivity index (χ1) is 12.3.